The Balaban J connectivity index is 1.54. The molecule has 0 spiro atoms. The van der Waals surface area contributed by atoms with Gasteiger partial charge in [0, 0.05) is 6.42 Å². The van der Waals surface area contributed by atoms with E-state index in [2.05, 4.69) is 36.4 Å². The first-order chi connectivity index (χ1) is 10.3. The molecule has 108 valence electrons. The van der Waals surface area contributed by atoms with Crippen LogP contribution in [0, 0.1) is 0 Å². The average molecular weight is 278 g/mol. The maximum absolute atomic E-state index is 10.6. The highest BCUT2D eigenvalue weighted by molar-refractivity contribution is 5.38. The first-order valence-corrected chi connectivity index (χ1v) is 8.20. The summed E-state index contributed by atoms with van der Waals surface area (Å²) in [6.45, 7) is 0. The lowest BCUT2D eigenvalue weighted by atomic mass is 9.96. The summed E-state index contributed by atoms with van der Waals surface area (Å²) in [5.74, 6) is 0. The van der Waals surface area contributed by atoms with Gasteiger partial charge in [-0.25, -0.2) is 0 Å². The Bertz CT molecular complexity index is 672. The standard InChI is InChI=1S/C20H22O/c21-20(19-10-9-16-4-2-6-18(16)13-19)12-14-7-8-15-3-1-5-17(15)11-14/h7-11,13,20-21H,1-6,12H2. The van der Waals surface area contributed by atoms with E-state index in [1.807, 2.05) is 0 Å². The van der Waals surface area contributed by atoms with Crippen LogP contribution in [0.1, 0.15) is 52.3 Å². The van der Waals surface area contributed by atoms with Crippen molar-refractivity contribution in [1.82, 2.24) is 0 Å². The Labute approximate surface area is 126 Å². The van der Waals surface area contributed by atoms with Gasteiger partial charge in [-0.3, -0.25) is 0 Å². The fourth-order valence-electron chi connectivity index (χ4n) is 3.89. The minimum absolute atomic E-state index is 0.379. The van der Waals surface area contributed by atoms with Gasteiger partial charge in [0.25, 0.3) is 0 Å². The highest BCUT2D eigenvalue weighted by Gasteiger charge is 2.16. The number of aliphatic hydroxyl groups is 1. The number of rotatable bonds is 3. The van der Waals surface area contributed by atoms with Crippen molar-refractivity contribution >= 4 is 0 Å². The summed E-state index contributed by atoms with van der Waals surface area (Å²) >= 11 is 0. The zero-order valence-electron chi connectivity index (χ0n) is 12.4. The Morgan fingerprint density at radius 1 is 0.762 bits per heavy atom. The monoisotopic (exact) mass is 278 g/mol. The smallest absolute Gasteiger partial charge is 0.0830 e. The van der Waals surface area contributed by atoms with Crippen molar-refractivity contribution in [2.24, 2.45) is 0 Å². The van der Waals surface area contributed by atoms with Crippen LogP contribution in [-0.4, -0.2) is 5.11 Å². The van der Waals surface area contributed by atoms with E-state index in [1.165, 1.54) is 66.3 Å². The summed E-state index contributed by atoms with van der Waals surface area (Å²) in [5, 5.41) is 10.6. The molecule has 0 aromatic heterocycles. The SMILES string of the molecule is OC(Cc1ccc2c(c1)CCC2)c1ccc2c(c1)CCC2. The Kier molecular flexibility index (Phi) is 3.31. The molecule has 1 heteroatoms. The minimum atomic E-state index is -0.379. The number of hydrogen-bond donors (Lipinski definition) is 1. The molecule has 21 heavy (non-hydrogen) atoms. The third-order valence-electron chi connectivity index (χ3n) is 5.10. The summed E-state index contributed by atoms with van der Waals surface area (Å²) in [4.78, 5) is 0. The lowest BCUT2D eigenvalue weighted by Crippen LogP contribution is -2.03. The van der Waals surface area contributed by atoms with E-state index in [0.717, 1.165) is 12.0 Å². The fourth-order valence-corrected chi connectivity index (χ4v) is 3.89. The molecule has 1 atom stereocenters. The molecule has 0 amide bonds. The summed E-state index contributed by atoms with van der Waals surface area (Å²) in [6.07, 6.45) is 7.71. The van der Waals surface area contributed by atoms with Gasteiger partial charge >= 0.3 is 0 Å². The number of benzene rings is 2. The Morgan fingerprint density at radius 2 is 1.38 bits per heavy atom. The molecule has 0 aliphatic heterocycles. The van der Waals surface area contributed by atoms with E-state index in [9.17, 15) is 5.11 Å². The zero-order chi connectivity index (χ0) is 14.2. The first kappa shape index (κ1) is 13.1. The second kappa shape index (κ2) is 5.31. The van der Waals surface area contributed by atoms with Crippen molar-refractivity contribution in [3.05, 3.63) is 69.8 Å². The molecule has 2 aliphatic rings. The zero-order valence-corrected chi connectivity index (χ0v) is 12.4. The molecule has 0 radical (unpaired) electrons. The van der Waals surface area contributed by atoms with Crippen molar-refractivity contribution in [3.63, 3.8) is 0 Å². The van der Waals surface area contributed by atoms with E-state index >= 15 is 0 Å². The van der Waals surface area contributed by atoms with Crippen LogP contribution in [0.4, 0.5) is 0 Å². The third kappa shape index (κ3) is 2.51. The van der Waals surface area contributed by atoms with Crippen LogP contribution >= 0.6 is 0 Å². The van der Waals surface area contributed by atoms with Crippen LogP contribution in [0.25, 0.3) is 0 Å². The van der Waals surface area contributed by atoms with Gasteiger partial charge in [-0.15, -0.1) is 0 Å². The van der Waals surface area contributed by atoms with Gasteiger partial charge in [0.15, 0.2) is 0 Å². The van der Waals surface area contributed by atoms with Gasteiger partial charge in [0.05, 0.1) is 6.10 Å². The van der Waals surface area contributed by atoms with E-state index < -0.39 is 0 Å². The van der Waals surface area contributed by atoms with Crippen LogP contribution in [0.3, 0.4) is 0 Å². The molecule has 4 rings (SSSR count). The van der Waals surface area contributed by atoms with Crippen molar-refractivity contribution in [3.8, 4) is 0 Å². The average Bonchev–Trinajstić information content (AvgIpc) is 3.14. The molecule has 1 unspecified atom stereocenters. The molecule has 0 heterocycles. The maximum atomic E-state index is 10.6. The molecule has 0 fully saturated rings. The highest BCUT2D eigenvalue weighted by Crippen LogP contribution is 2.28. The van der Waals surface area contributed by atoms with Crippen molar-refractivity contribution in [2.75, 3.05) is 0 Å². The second-order valence-electron chi connectivity index (χ2n) is 6.56. The van der Waals surface area contributed by atoms with Crippen LogP contribution in [0.15, 0.2) is 36.4 Å². The quantitative estimate of drug-likeness (QED) is 0.901. The minimum Gasteiger partial charge on any atom is -0.388 e. The second-order valence-corrected chi connectivity index (χ2v) is 6.56. The number of fused-ring (bicyclic) bond motifs is 2. The molecular weight excluding hydrogens is 256 g/mol. The highest BCUT2D eigenvalue weighted by atomic mass is 16.3. The fraction of sp³-hybridized carbons (Fsp3) is 0.400. The van der Waals surface area contributed by atoms with Gasteiger partial charge in [-0.1, -0.05) is 36.4 Å². The first-order valence-electron chi connectivity index (χ1n) is 8.20. The largest absolute Gasteiger partial charge is 0.388 e. The van der Waals surface area contributed by atoms with E-state index in [4.69, 9.17) is 0 Å². The summed E-state index contributed by atoms with van der Waals surface area (Å²) in [5.41, 5.74) is 8.27. The van der Waals surface area contributed by atoms with Gasteiger partial charge in [0.2, 0.25) is 0 Å². The number of aryl methyl sites for hydroxylation is 4. The van der Waals surface area contributed by atoms with Gasteiger partial charge in [0.1, 0.15) is 0 Å². The van der Waals surface area contributed by atoms with Gasteiger partial charge in [-0.05, 0) is 71.9 Å². The van der Waals surface area contributed by atoms with Crippen LogP contribution in [-0.2, 0) is 32.1 Å². The predicted molar refractivity (Wildman–Crippen MR) is 85.6 cm³/mol. The molecule has 0 saturated heterocycles. The van der Waals surface area contributed by atoms with E-state index in [0.29, 0.717) is 0 Å². The Hall–Kier alpha value is -1.60. The maximum Gasteiger partial charge on any atom is 0.0830 e. The predicted octanol–water partition coefficient (Wildman–Crippen LogP) is 3.94. The topological polar surface area (TPSA) is 20.2 Å². The van der Waals surface area contributed by atoms with Crippen LogP contribution < -0.4 is 0 Å². The molecule has 1 nitrogen and oxygen atoms in total. The van der Waals surface area contributed by atoms with Crippen LogP contribution in [0.2, 0.25) is 0 Å². The molecule has 1 N–H and O–H groups in total. The van der Waals surface area contributed by atoms with E-state index in [-0.39, 0.29) is 6.10 Å². The third-order valence-corrected chi connectivity index (χ3v) is 5.10. The molecule has 0 bridgehead atoms. The molecule has 2 aromatic rings. The lowest BCUT2D eigenvalue weighted by molar-refractivity contribution is 0.178. The molecular formula is C20H22O. The lowest BCUT2D eigenvalue weighted by Gasteiger charge is -2.13. The summed E-state index contributed by atoms with van der Waals surface area (Å²) in [6, 6.07) is 13.3. The summed E-state index contributed by atoms with van der Waals surface area (Å²) in [7, 11) is 0. The van der Waals surface area contributed by atoms with Crippen LogP contribution in [0.5, 0.6) is 0 Å². The van der Waals surface area contributed by atoms with E-state index in [1.54, 1.807) is 0 Å². The van der Waals surface area contributed by atoms with Gasteiger partial charge in [-0.2, -0.15) is 0 Å². The Morgan fingerprint density at radius 3 is 2.14 bits per heavy atom. The van der Waals surface area contributed by atoms with Crippen molar-refractivity contribution in [2.45, 2.75) is 51.0 Å². The summed E-state index contributed by atoms with van der Waals surface area (Å²) < 4.78 is 0. The number of hydrogen-bond acceptors (Lipinski definition) is 1. The van der Waals surface area contributed by atoms with Crippen molar-refractivity contribution < 1.29 is 5.11 Å². The molecule has 0 saturated carbocycles. The molecule has 2 aromatic carbocycles. The normalized spacial score (nSPS) is 17.6. The number of aliphatic hydroxyl groups excluding tert-OH is 1. The van der Waals surface area contributed by atoms with Gasteiger partial charge < -0.3 is 5.11 Å². The van der Waals surface area contributed by atoms with Crippen molar-refractivity contribution in [1.29, 1.82) is 0 Å². The molecule has 2 aliphatic carbocycles.